The predicted molar refractivity (Wildman–Crippen MR) is 143 cm³/mol. The van der Waals surface area contributed by atoms with E-state index in [4.69, 9.17) is 17.0 Å². The summed E-state index contributed by atoms with van der Waals surface area (Å²) in [5.41, 5.74) is -5.60. The molecule has 0 saturated carbocycles. The van der Waals surface area contributed by atoms with Crippen LogP contribution in [0.15, 0.2) is 65.7 Å². The first-order valence-electron chi connectivity index (χ1n) is 12.2. The quantitative estimate of drug-likeness (QED) is 0.355. The number of thiocarbonyl (C=S) groups is 1. The highest BCUT2D eigenvalue weighted by atomic mass is 32.2. The predicted octanol–water partition coefficient (Wildman–Crippen LogP) is 4.68. The minimum Gasteiger partial charge on any atom is -0.481 e. The van der Waals surface area contributed by atoms with Crippen molar-refractivity contribution in [2.75, 3.05) is 31.6 Å². The summed E-state index contributed by atoms with van der Waals surface area (Å²) >= 11 is 5.26. The molecule has 222 valence electrons. The largest absolute Gasteiger partial charge is 0.481 e. The molecule has 0 bridgehead atoms. The van der Waals surface area contributed by atoms with Crippen LogP contribution in [0.4, 0.5) is 32.0 Å². The molecule has 2 aromatic rings. The van der Waals surface area contributed by atoms with Gasteiger partial charge in [-0.15, -0.1) is 0 Å². The number of ether oxygens (including phenoxy) is 1. The second kappa shape index (κ2) is 11.3. The van der Waals surface area contributed by atoms with E-state index < -0.39 is 39.6 Å². The molecule has 1 aromatic heterocycles. The first-order valence-corrected chi connectivity index (χ1v) is 14.1. The average molecular weight is 622 g/mol. The van der Waals surface area contributed by atoms with Crippen molar-refractivity contribution in [1.82, 2.24) is 9.29 Å². The van der Waals surface area contributed by atoms with Gasteiger partial charge < -0.3 is 14.7 Å². The molecule has 1 unspecified atom stereocenters. The summed E-state index contributed by atoms with van der Waals surface area (Å²) in [6.45, 7) is -0.0329. The van der Waals surface area contributed by atoms with Crippen LogP contribution in [-0.2, 0) is 22.0 Å². The maximum absolute atomic E-state index is 13.5. The highest BCUT2D eigenvalue weighted by molar-refractivity contribution is 7.96. The number of sulfonamides is 1. The van der Waals surface area contributed by atoms with Gasteiger partial charge in [0.25, 0.3) is 5.60 Å². The third-order valence-electron chi connectivity index (χ3n) is 6.96. The Hall–Kier alpha value is -3.01. The second-order valence-corrected chi connectivity index (χ2v) is 11.8. The fourth-order valence-electron chi connectivity index (χ4n) is 4.85. The molecule has 0 amide bonds. The zero-order valence-corrected chi connectivity index (χ0v) is 23.1. The summed E-state index contributed by atoms with van der Waals surface area (Å²) in [7, 11) is -2.59. The lowest BCUT2D eigenvalue weighted by Gasteiger charge is -2.43. The van der Waals surface area contributed by atoms with E-state index in [0.717, 1.165) is 12.1 Å². The smallest absolute Gasteiger partial charge is 0.430 e. The molecule has 2 aliphatic rings. The summed E-state index contributed by atoms with van der Waals surface area (Å²) < 4.78 is 114. The van der Waals surface area contributed by atoms with Crippen molar-refractivity contribution in [3.63, 3.8) is 0 Å². The van der Waals surface area contributed by atoms with Crippen molar-refractivity contribution >= 4 is 32.8 Å². The number of rotatable bonds is 7. The molecule has 41 heavy (non-hydrogen) atoms. The van der Waals surface area contributed by atoms with Gasteiger partial charge in [0, 0.05) is 60.0 Å². The number of hydrogen-bond donors (Lipinski definition) is 1. The van der Waals surface area contributed by atoms with E-state index in [0.29, 0.717) is 24.1 Å². The van der Waals surface area contributed by atoms with E-state index in [2.05, 4.69) is 4.98 Å². The first kappa shape index (κ1) is 30.9. The molecule has 0 radical (unpaired) electrons. The molecule has 0 spiro atoms. The van der Waals surface area contributed by atoms with E-state index in [1.54, 1.807) is 29.2 Å². The lowest BCUT2D eigenvalue weighted by atomic mass is 9.92. The summed E-state index contributed by atoms with van der Waals surface area (Å²) in [6.07, 6.45) is -5.29. The van der Waals surface area contributed by atoms with Gasteiger partial charge in [-0.2, -0.15) is 30.6 Å². The van der Waals surface area contributed by atoms with Gasteiger partial charge in [-0.05, 0) is 30.7 Å². The minimum atomic E-state index is -6.02. The Morgan fingerprint density at radius 1 is 1.07 bits per heavy atom. The lowest BCUT2D eigenvalue weighted by Crippen LogP contribution is -2.56. The minimum absolute atomic E-state index is 0.00379. The zero-order valence-electron chi connectivity index (χ0n) is 21.5. The Labute approximate surface area is 237 Å². The number of alkyl halides is 6. The Kier molecular flexibility index (Phi) is 8.56. The van der Waals surface area contributed by atoms with Crippen LogP contribution in [-0.4, -0.2) is 72.8 Å². The molecule has 1 saturated heterocycles. The number of methoxy groups -OCH3 is 1. The Bertz CT molecular complexity index is 1440. The third-order valence-corrected chi connectivity index (χ3v) is 9.43. The number of hydrogen-bond acceptors (Lipinski definition) is 7. The Morgan fingerprint density at radius 2 is 1.73 bits per heavy atom. The number of piperazine rings is 1. The Morgan fingerprint density at radius 3 is 2.32 bits per heavy atom. The number of aromatic nitrogens is 1. The van der Waals surface area contributed by atoms with E-state index >= 15 is 0 Å². The molecular weight excluding hydrogens is 596 g/mol. The van der Waals surface area contributed by atoms with Gasteiger partial charge in [0.15, 0.2) is 0 Å². The molecule has 4 rings (SSSR count). The molecule has 1 aromatic carbocycles. The topological polar surface area (TPSA) is 83.0 Å². The summed E-state index contributed by atoms with van der Waals surface area (Å²) in [6, 6.07) is 5.97. The second-order valence-electron chi connectivity index (χ2n) is 9.43. The molecule has 1 N–H and O–H groups in total. The third kappa shape index (κ3) is 5.85. The normalized spacial score (nSPS) is 19.3. The number of allylic oxidation sites excluding steroid dienone is 4. The number of nitrogens with zero attached hydrogens (tertiary/aromatic N) is 3. The van der Waals surface area contributed by atoms with Crippen LogP contribution in [0.25, 0.3) is 0 Å². The van der Waals surface area contributed by atoms with Crippen molar-refractivity contribution in [3.8, 4) is 5.88 Å². The molecule has 1 atom stereocenters. The molecule has 1 aliphatic heterocycles. The molecule has 7 nitrogen and oxygen atoms in total. The standard InChI is InChI=1S/C26H25F6N3O4S2/c1-39-23-17(5-4-12-33-23)15-20-16-34(41(37,38)22-7-3-2-6-21(22)40)13-14-35(20)19-10-8-18(9-11-19)24(36,25(27,28)29)26(30,31)32/h2-5,7-12,20,36H,6,13-16H2,1H3. The maximum Gasteiger partial charge on any atom is 0.430 e. The van der Waals surface area contributed by atoms with Crippen LogP contribution in [0.2, 0.25) is 0 Å². The number of pyridine rings is 1. The van der Waals surface area contributed by atoms with Gasteiger partial charge in [-0.3, -0.25) is 0 Å². The molecule has 2 heterocycles. The fraction of sp³-hybridized carbons (Fsp3) is 0.385. The number of anilines is 1. The van der Waals surface area contributed by atoms with Gasteiger partial charge >= 0.3 is 12.4 Å². The highest BCUT2D eigenvalue weighted by Gasteiger charge is 2.71. The highest BCUT2D eigenvalue weighted by Crippen LogP contribution is 2.50. The molecule has 15 heteroatoms. The van der Waals surface area contributed by atoms with Crippen molar-refractivity contribution in [1.29, 1.82) is 0 Å². The molecular formula is C26H25F6N3O4S2. The van der Waals surface area contributed by atoms with Gasteiger partial charge in [0.2, 0.25) is 15.9 Å². The maximum atomic E-state index is 13.5. The van der Waals surface area contributed by atoms with Crippen LogP contribution < -0.4 is 9.64 Å². The Balaban J connectivity index is 1.70. The van der Waals surface area contributed by atoms with E-state index in [-0.39, 0.29) is 47.4 Å². The van der Waals surface area contributed by atoms with Crippen LogP contribution in [0.1, 0.15) is 17.5 Å². The lowest BCUT2D eigenvalue weighted by molar-refractivity contribution is -0.376. The van der Waals surface area contributed by atoms with Gasteiger partial charge in [0.05, 0.1) is 12.0 Å². The van der Waals surface area contributed by atoms with Gasteiger partial charge in [-0.1, -0.05) is 42.6 Å². The monoisotopic (exact) mass is 621 g/mol. The van der Waals surface area contributed by atoms with Gasteiger partial charge in [0.1, 0.15) is 0 Å². The summed E-state index contributed by atoms with van der Waals surface area (Å²) in [5.74, 6) is 0.282. The van der Waals surface area contributed by atoms with Crippen LogP contribution >= 0.6 is 12.2 Å². The average Bonchev–Trinajstić information content (AvgIpc) is 2.92. The van der Waals surface area contributed by atoms with E-state index in [9.17, 15) is 39.9 Å². The summed E-state index contributed by atoms with van der Waals surface area (Å²) in [4.78, 5) is 6.11. The first-order chi connectivity index (χ1) is 19.1. The van der Waals surface area contributed by atoms with E-state index in [1.165, 1.54) is 23.7 Å². The fourth-order valence-corrected chi connectivity index (χ4v) is 6.92. The zero-order chi connectivity index (χ0) is 30.2. The number of benzene rings is 1. The van der Waals surface area contributed by atoms with Crippen molar-refractivity contribution < 1.29 is 44.6 Å². The number of halogens is 6. The van der Waals surface area contributed by atoms with Crippen molar-refractivity contribution in [2.45, 2.75) is 36.8 Å². The van der Waals surface area contributed by atoms with Crippen LogP contribution in [0.3, 0.4) is 0 Å². The molecule has 1 fully saturated rings. The van der Waals surface area contributed by atoms with Crippen LogP contribution in [0.5, 0.6) is 5.88 Å². The number of aliphatic hydroxyl groups is 1. The SMILES string of the molecule is COc1ncccc1CC1CN(S(=O)(=O)C2=CC=CCC2=S)CCN1c1ccc(C(O)(C(F)(F)F)C(F)(F)F)cc1. The van der Waals surface area contributed by atoms with Crippen molar-refractivity contribution in [3.05, 3.63) is 76.9 Å². The van der Waals surface area contributed by atoms with Gasteiger partial charge in [-0.25, -0.2) is 13.4 Å². The van der Waals surface area contributed by atoms with E-state index in [1.807, 2.05) is 0 Å². The van der Waals surface area contributed by atoms with Crippen LogP contribution in [0, 0.1) is 0 Å². The van der Waals surface area contributed by atoms with Crippen molar-refractivity contribution in [2.24, 2.45) is 0 Å². The summed E-state index contributed by atoms with van der Waals surface area (Å²) in [5, 5.41) is 9.75. The molecule has 1 aliphatic carbocycles.